The van der Waals surface area contributed by atoms with Crippen LogP contribution in [-0.4, -0.2) is 43.2 Å². The van der Waals surface area contributed by atoms with Gasteiger partial charge in [0.25, 0.3) is 0 Å². The summed E-state index contributed by atoms with van der Waals surface area (Å²) in [6.07, 6.45) is -0.648. The second-order valence-electron chi connectivity index (χ2n) is 5.52. The number of benzene rings is 2. The van der Waals surface area contributed by atoms with Gasteiger partial charge in [0.05, 0.1) is 25.4 Å². The zero-order chi connectivity index (χ0) is 17.5. The molecule has 5 nitrogen and oxygen atoms in total. The van der Waals surface area contributed by atoms with Gasteiger partial charge in [0, 0.05) is 11.6 Å². The fraction of sp³-hybridized carbons (Fsp3) is 0.278. The number of aliphatic hydroxyl groups excluding tert-OH is 1. The van der Waals surface area contributed by atoms with E-state index in [9.17, 15) is 9.90 Å². The average Bonchev–Trinajstić information content (AvgIpc) is 2.55. The highest BCUT2D eigenvalue weighted by Gasteiger charge is 2.14. The summed E-state index contributed by atoms with van der Waals surface area (Å²) in [5.41, 5.74) is 1.34. The zero-order valence-electron chi connectivity index (χ0n) is 13.7. The smallest absolute Gasteiger partial charge is 0.238 e. The van der Waals surface area contributed by atoms with Gasteiger partial charge in [-0.25, -0.2) is 0 Å². The van der Waals surface area contributed by atoms with Gasteiger partial charge in [-0.1, -0.05) is 41.9 Å². The molecule has 1 atom stereocenters. The molecule has 0 aromatic heterocycles. The number of halogens is 1. The summed E-state index contributed by atoms with van der Waals surface area (Å²) in [6, 6.07) is 14.4. The number of nitrogens with zero attached hydrogens (tertiary/aromatic N) is 1. The topological polar surface area (TPSA) is 61.8 Å². The SMILES string of the molecule is COc1ccc(Cl)cc1NC(=O)CN(C)CC(O)c1ccccc1. The monoisotopic (exact) mass is 348 g/mol. The lowest BCUT2D eigenvalue weighted by Crippen LogP contribution is -2.33. The molecule has 0 aliphatic heterocycles. The van der Waals surface area contributed by atoms with Crippen molar-refractivity contribution in [2.45, 2.75) is 6.10 Å². The highest BCUT2D eigenvalue weighted by atomic mass is 35.5. The Labute approximate surface area is 146 Å². The van der Waals surface area contributed by atoms with Crippen LogP contribution in [0, 0.1) is 0 Å². The van der Waals surface area contributed by atoms with Crippen molar-refractivity contribution in [1.29, 1.82) is 0 Å². The predicted octanol–water partition coefficient (Wildman–Crippen LogP) is 2.95. The molecule has 2 aromatic rings. The van der Waals surface area contributed by atoms with Crippen LogP contribution in [0.4, 0.5) is 5.69 Å². The molecule has 24 heavy (non-hydrogen) atoms. The standard InChI is InChI=1S/C18H21ClN2O3/c1-21(11-16(22)13-6-4-3-5-7-13)12-18(23)20-15-10-14(19)8-9-17(15)24-2/h3-10,16,22H,11-12H2,1-2H3,(H,20,23). The fourth-order valence-corrected chi connectivity index (χ4v) is 2.53. The van der Waals surface area contributed by atoms with Gasteiger partial charge in [-0.3, -0.25) is 9.69 Å². The minimum atomic E-state index is -0.648. The van der Waals surface area contributed by atoms with E-state index in [0.717, 1.165) is 5.56 Å². The van der Waals surface area contributed by atoms with Gasteiger partial charge in [0.15, 0.2) is 0 Å². The van der Waals surface area contributed by atoms with Crippen LogP contribution in [0.5, 0.6) is 5.75 Å². The quantitative estimate of drug-likeness (QED) is 0.807. The van der Waals surface area contributed by atoms with Crippen molar-refractivity contribution in [2.75, 3.05) is 32.6 Å². The third kappa shape index (κ3) is 5.23. The molecule has 1 amide bonds. The number of anilines is 1. The molecule has 0 spiro atoms. The Morgan fingerprint density at radius 2 is 2.00 bits per heavy atom. The molecule has 2 aromatic carbocycles. The highest BCUT2D eigenvalue weighted by molar-refractivity contribution is 6.31. The average molecular weight is 349 g/mol. The van der Waals surface area contributed by atoms with E-state index < -0.39 is 6.10 Å². The van der Waals surface area contributed by atoms with Crippen LogP contribution in [0.15, 0.2) is 48.5 Å². The minimum Gasteiger partial charge on any atom is -0.495 e. The number of carbonyl (C=O) groups excluding carboxylic acids is 1. The zero-order valence-corrected chi connectivity index (χ0v) is 14.5. The summed E-state index contributed by atoms with van der Waals surface area (Å²) >= 11 is 5.95. The summed E-state index contributed by atoms with van der Waals surface area (Å²) in [5.74, 6) is 0.332. The summed E-state index contributed by atoms with van der Waals surface area (Å²) in [4.78, 5) is 13.9. The minimum absolute atomic E-state index is 0.138. The molecular weight excluding hydrogens is 328 g/mol. The van der Waals surface area contributed by atoms with Gasteiger partial charge >= 0.3 is 0 Å². The van der Waals surface area contributed by atoms with Crippen molar-refractivity contribution < 1.29 is 14.6 Å². The Hall–Kier alpha value is -2.08. The molecule has 0 radical (unpaired) electrons. The van der Waals surface area contributed by atoms with E-state index in [2.05, 4.69) is 5.32 Å². The largest absolute Gasteiger partial charge is 0.495 e. The fourth-order valence-electron chi connectivity index (χ4n) is 2.35. The van der Waals surface area contributed by atoms with Crippen LogP contribution in [0.2, 0.25) is 5.02 Å². The number of nitrogens with one attached hydrogen (secondary N) is 1. The van der Waals surface area contributed by atoms with Gasteiger partial charge in [-0.05, 0) is 30.8 Å². The van der Waals surface area contributed by atoms with E-state index >= 15 is 0 Å². The molecule has 0 heterocycles. The maximum absolute atomic E-state index is 12.2. The number of hydrogen-bond acceptors (Lipinski definition) is 4. The van der Waals surface area contributed by atoms with Crippen LogP contribution in [0.1, 0.15) is 11.7 Å². The Balaban J connectivity index is 1.91. The summed E-state index contributed by atoms with van der Waals surface area (Å²) < 4.78 is 5.20. The van der Waals surface area contributed by atoms with Crippen molar-refractivity contribution in [1.82, 2.24) is 4.90 Å². The Bertz CT molecular complexity index is 679. The first kappa shape index (κ1) is 18.3. The first-order chi connectivity index (χ1) is 11.5. The highest BCUT2D eigenvalue weighted by Crippen LogP contribution is 2.27. The van der Waals surface area contributed by atoms with E-state index in [0.29, 0.717) is 23.0 Å². The number of carbonyl (C=O) groups is 1. The molecule has 0 aliphatic carbocycles. The van der Waals surface area contributed by atoms with Gasteiger partial charge < -0.3 is 15.2 Å². The number of likely N-dealkylation sites (N-methyl/N-ethyl adjacent to an activating group) is 1. The van der Waals surface area contributed by atoms with E-state index in [1.165, 1.54) is 7.11 Å². The third-order valence-electron chi connectivity index (χ3n) is 3.52. The van der Waals surface area contributed by atoms with Crippen molar-refractivity contribution in [3.8, 4) is 5.75 Å². The third-order valence-corrected chi connectivity index (χ3v) is 3.75. The second-order valence-corrected chi connectivity index (χ2v) is 5.95. The molecule has 128 valence electrons. The summed E-state index contributed by atoms with van der Waals surface area (Å²) in [7, 11) is 3.31. The first-order valence-electron chi connectivity index (χ1n) is 7.54. The van der Waals surface area contributed by atoms with Gasteiger partial charge in [-0.2, -0.15) is 0 Å². The summed E-state index contributed by atoms with van der Waals surface area (Å²) in [5, 5.41) is 13.5. The normalized spacial score (nSPS) is 12.0. The molecule has 0 fully saturated rings. The van der Waals surface area contributed by atoms with Crippen LogP contribution in [0.25, 0.3) is 0 Å². The number of ether oxygens (including phenoxy) is 1. The van der Waals surface area contributed by atoms with Gasteiger partial charge in [0.1, 0.15) is 5.75 Å². The lowest BCUT2D eigenvalue weighted by molar-refractivity contribution is -0.117. The predicted molar refractivity (Wildman–Crippen MR) is 95.5 cm³/mol. The van der Waals surface area contributed by atoms with Crippen molar-refractivity contribution >= 4 is 23.2 Å². The molecule has 2 rings (SSSR count). The molecule has 0 saturated carbocycles. The van der Waals surface area contributed by atoms with Crippen molar-refractivity contribution in [3.63, 3.8) is 0 Å². The van der Waals surface area contributed by atoms with Crippen molar-refractivity contribution in [3.05, 3.63) is 59.1 Å². The van der Waals surface area contributed by atoms with Crippen LogP contribution in [-0.2, 0) is 4.79 Å². The molecule has 0 aliphatic rings. The Morgan fingerprint density at radius 3 is 2.67 bits per heavy atom. The van der Waals surface area contributed by atoms with E-state index in [1.807, 2.05) is 30.3 Å². The van der Waals surface area contributed by atoms with Gasteiger partial charge in [-0.15, -0.1) is 0 Å². The van der Waals surface area contributed by atoms with Gasteiger partial charge in [0.2, 0.25) is 5.91 Å². The molecular formula is C18H21ClN2O3. The number of methoxy groups -OCH3 is 1. The Kier molecular flexibility index (Phi) is 6.61. The van der Waals surface area contributed by atoms with E-state index in [1.54, 1.807) is 30.1 Å². The second kappa shape index (κ2) is 8.68. The molecule has 0 saturated heterocycles. The Morgan fingerprint density at radius 1 is 1.29 bits per heavy atom. The first-order valence-corrected chi connectivity index (χ1v) is 7.92. The van der Waals surface area contributed by atoms with E-state index in [4.69, 9.17) is 16.3 Å². The van der Waals surface area contributed by atoms with Crippen molar-refractivity contribution in [2.24, 2.45) is 0 Å². The van der Waals surface area contributed by atoms with Crippen LogP contribution in [0.3, 0.4) is 0 Å². The maximum Gasteiger partial charge on any atom is 0.238 e. The molecule has 6 heteroatoms. The lowest BCUT2D eigenvalue weighted by atomic mass is 10.1. The number of rotatable bonds is 7. The maximum atomic E-state index is 12.2. The van der Waals surface area contributed by atoms with E-state index in [-0.39, 0.29) is 12.5 Å². The molecule has 2 N–H and O–H groups in total. The summed E-state index contributed by atoms with van der Waals surface area (Å²) in [6.45, 7) is 0.490. The molecule has 1 unspecified atom stereocenters. The van der Waals surface area contributed by atoms with Crippen LogP contribution < -0.4 is 10.1 Å². The number of amides is 1. The van der Waals surface area contributed by atoms with Crippen LogP contribution >= 0.6 is 11.6 Å². The lowest BCUT2D eigenvalue weighted by Gasteiger charge is -2.20. The molecule has 0 bridgehead atoms. The number of hydrogen-bond donors (Lipinski definition) is 2. The number of aliphatic hydroxyl groups is 1.